The van der Waals surface area contributed by atoms with E-state index < -0.39 is 0 Å². The molecule has 2 atom stereocenters. The van der Waals surface area contributed by atoms with Crippen LogP contribution in [-0.2, 0) is 17.7 Å². The van der Waals surface area contributed by atoms with Gasteiger partial charge >= 0.3 is 0 Å². The van der Waals surface area contributed by atoms with Crippen LogP contribution < -0.4 is 5.32 Å². The number of fused-ring (bicyclic) bond motifs is 1. The van der Waals surface area contributed by atoms with Crippen LogP contribution in [0.5, 0.6) is 0 Å². The van der Waals surface area contributed by atoms with Crippen molar-refractivity contribution in [3.05, 3.63) is 65.0 Å². The Balaban J connectivity index is 1.02. The molecule has 3 aromatic rings. The number of nitrogens with one attached hydrogen (secondary N) is 2. The summed E-state index contributed by atoms with van der Waals surface area (Å²) >= 11 is 0. The lowest BCUT2D eigenvalue weighted by Crippen LogP contribution is -2.37. The van der Waals surface area contributed by atoms with E-state index >= 15 is 0 Å². The Bertz CT molecular complexity index is 1140. The van der Waals surface area contributed by atoms with Crippen molar-refractivity contribution in [1.29, 1.82) is 0 Å². The van der Waals surface area contributed by atoms with Gasteiger partial charge < -0.3 is 15.1 Å². The molecule has 1 aromatic carbocycles. The van der Waals surface area contributed by atoms with Crippen molar-refractivity contribution in [3.8, 4) is 0 Å². The first-order valence-corrected chi connectivity index (χ1v) is 11.4. The molecule has 1 saturated heterocycles. The number of piperidine rings is 1. The molecule has 2 aliphatic heterocycles. The van der Waals surface area contributed by atoms with E-state index in [2.05, 4.69) is 40.8 Å². The Morgan fingerprint density at radius 3 is 2.64 bits per heavy atom. The van der Waals surface area contributed by atoms with Crippen molar-refractivity contribution < 1.29 is 9.23 Å². The van der Waals surface area contributed by atoms with Crippen LogP contribution in [0.25, 0.3) is 0 Å². The van der Waals surface area contributed by atoms with Crippen LogP contribution in [0.4, 0.5) is 10.3 Å². The van der Waals surface area contributed by atoms with Gasteiger partial charge in [-0.05, 0) is 48.9 Å². The summed E-state index contributed by atoms with van der Waals surface area (Å²) in [5.41, 5.74) is 4.25. The fourth-order valence-corrected chi connectivity index (χ4v) is 5.03. The molecule has 0 spiro atoms. The Morgan fingerprint density at radius 1 is 1.03 bits per heavy atom. The van der Waals surface area contributed by atoms with Crippen molar-refractivity contribution in [2.75, 3.05) is 18.4 Å². The number of rotatable bonds is 4. The Kier molecular flexibility index (Phi) is 5.12. The van der Waals surface area contributed by atoms with Gasteiger partial charge in [-0.2, -0.15) is 0 Å². The topological polar surface area (TPSA) is 104 Å². The van der Waals surface area contributed by atoms with Crippen LogP contribution in [0.3, 0.4) is 0 Å². The predicted octanol–water partition coefficient (Wildman–Crippen LogP) is 2.97. The van der Waals surface area contributed by atoms with Gasteiger partial charge in [0.25, 0.3) is 0 Å². The summed E-state index contributed by atoms with van der Waals surface area (Å²) in [4.78, 5) is 17.0. The molecule has 3 aliphatic rings. The molecule has 10 heteroatoms. The Morgan fingerprint density at radius 2 is 1.85 bits per heavy atom. The third-order valence-corrected chi connectivity index (χ3v) is 6.86. The number of oxime groups is 1. The summed E-state index contributed by atoms with van der Waals surface area (Å²) in [6.45, 7) is 1.87. The monoisotopic (exact) mass is 448 g/mol. The van der Waals surface area contributed by atoms with Crippen LogP contribution in [0, 0.1) is 5.82 Å². The minimum absolute atomic E-state index is 0.165. The lowest BCUT2D eigenvalue weighted by molar-refractivity contribution is 0.0850. The Labute approximate surface area is 190 Å². The van der Waals surface area contributed by atoms with Crippen LogP contribution in [0.1, 0.15) is 53.7 Å². The van der Waals surface area contributed by atoms with E-state index in [9.17, 15) is 4.39 Å². The Hall–Kier alpha value is -3.56. The third kappa shape index (κ3) is 4.12. The number of hydrogen-bond acceptors (Lipinski definition) is 8. The molecule has 33 heavy (non-hydrogen) atoms. The minimum atomic E-state index is -0.187. The maximum Gasteiger partial charge on any atom is 0.222 e. The van der Waals surface area contributed by atoms with Crippen molar-refractivity contribution in [2.45, 2.75) is 50.2 Å². The zero-order valence-electron chi connectivity index (χ0n) is 18.1. The third-order valence-electron chi connectivity index (χ3n) is 6.86. The summed E-state index contributed by atoms with van der Waals surface area (Å²) in [6, 6.07) is 5.17. The lowest BCUT2D eigenvalue weighted by atomic mass is 9.93. The molecule has 1 fully saturated rings. The quantitative estimate of drug-likeness (QED) is 0.632. The van der Waals surface area contributed by atoms with Gasteiger partial charge in [-0.1, -0.05) is 16.4 Å². The van der Waals surface area contributed by atoms with Crippen molar-refractivity contribution in [2.24, 2.45) is 5.16 Å². The molecule has 0 amide bonds. The van der Waals surface area contributed by atoms with Gasteiger partial charge in [0.15, 0.2) is 6.10 Å². The number of halogens is 1. The lowest BCUT2D eigenvalue weighted by Gasteiger charge is -2.32. The van der Waals surface area contributed by atoms with E-state index in [1.165, 1.54) is 11.6 Å². The maximum atomic E-state index is 13.5. The van der Waals surface area contributed by atoms with Crippen molar-refractivity contribution in [3.63, 3.8) is 0 Å². The highest BCUT2D eigenvalue weighted by molar-refractivity contribution is 5.83. The molecule has 1 aliphatic carbocycles. The molecule has 4 heterocycles. The summed E-state index contributed by atoms with van der Waals surface area (Å²) in [6.07, 6.45) is 9.67. The number of amidine groups is 1. The second kappa shape index (κ2) is 8.42. The number of hydrogen-bond donors (Lipinski definition) is 2. The highest BCUT2D eigenvalue weighted by Crippen LogP contribution is 2.32. The summed E-state index contributed by atoms with van der Waals surface area (Å²) in [5, 5.41) is 18.4. The van der Waals surface area contributed by atoms with E-state index in [1.807, 2.05) is 12.3 Å². The van der Waals surface area contributed by atoms with Crippen LogP contribution >= 0.6 is 0 Å². The first-order valence-electron chi connectivity index (χ1n) is 11.4. The first-order chi connectivity index (χ1) is 16.2. The molecular formula is C23H25FN8O. The molecule has 9 nitrogen and oxygen atoms in total. The van der Waals surface area contributed by atoms with Crippen LogP contribution in [0.15, 0.2) is 41.9 Å². The van der Waals surface area contributed by atoms with Gasteiger partial charge in [0.05, 0.1) is 18.3 Å². The summed E-state index contributed by atoms with van der Waals surface area (Å²) in [7, 11) is 0. The van der Waals surface area contributed by atoms with E-state index in [0.717, 1.165) is 67.9 Å². The van der Waals surface area contributed by atoms with E-state index in [1.54, 1.807) is 18.5 Å². The fourth-order valence-electron chi connectivity index (χ4n) is 5.03. The zero-order valence-corrected chi connectivity index (χ0v) is 18.1. The van der Waals surface area contributed by atoms with Crippen molar-refractivity contribution in [1.82, 2.24) is 30.3 Å². The van der Waals surface area contributed by atoms with Gasteiger partial charge in [0.2, 0.25) is 5.95 Å². The van der Waals surface area contributed by atoms with E-state index in [4.69, 9.17) is 4.84 Å². The van der Waals surface area contributed by atoms with Gasteiger partial charge in [-0.25, -0.2) is 14.4 Å². The standard InChI is InChI=1S/C23H25FN8O/c24-18-2-1-15-8-19(9-16(15)7-18)28-23-25-11-17(12-26-23)21-10-22(30-33-21)32-5-3-14(4-6-32)20-13-27-31-29-20/h1-2,7,11-14,19,21H,3-6,8-10H2,(H,25,26,28)(H,27,29,31). The first kappa shape index (κ1) is 20.1. The zero-order chi connectivity index (χ0) is 22.2. The average Bonchev–Trinajstić information content (AvgIpc) is 3.60. The second-order valence-electron chi connectivity index (χ2n) is 8.98. The number of anilines is 1. The molecular weight excluding hydrogens is 423 g/mol. The normalized spacial score (nSPS) is 22.7. The fraction of sp³-hybridized carbons (Fsp3) is 0.435. The molecule has 6 rings (SSSR count). The molecule has 0 bridgehead atoms. The number of aromatic amines is 1. The number of benzene rings is 1. The molecule has 0 saturated carbocycles. The smallest absolute Gasteiger partial charge is 0.222 e. The molecule has 2 N–H and O–H groups in total. The maximum absolute atomic E-state index is 13.5. The molecule has 2 aromatic heterocycles. The molecule has 170 valence electrons. The number of aromatic nitrogens is 5. The number of nitrogens with zero attached hydrogens (tertiary/aromatic N) is 6. The number of likely N-dealkylation sites (tertiary alicyclic amines) is 1. The van der Waals surface area contributed by atoms with Gasteiger partial charge in [-0.3, -0.25) is 5.10 Å². The van der Waals surface area contributed by atoms with E-state index in [0.29, 0.717) is 11.9 Å². The average molecular weight is 449 g/mol. The van der Waals surface area contributed by atoms with Gasteiger partial charge in [0, 0.05) is 43.0 Å². The largest absolute Gasteiger partial charge is 0.386 e. The van der Waals surface area contributed by atoms with Crippen molar-refractivity contribution >= 4 is 11.8 Å². The summed E-state index contributed by atoms with van der Waals surface area (Å²) in [5.74, 6) is 1.84. The minimum Gasteiger partial charge on any atom is -0.386 e. The second-order valence-corrected chi connectivity index (χ2v) is 8.98. The SMILES string of the molecule is Fc1ccc2c(c1)CC(Nc1ncc(C3CC(N4CCC(c5cnn[nH]5)CC4)=NO3)cn1)C2. The van der Waals surface area contributed by atoms with Crippen LogP contribution in [0.2, 0.25) is 0 Å². The highest BCUT2D eigenvalue weighted by atomic mass is 19.1. The summed E-state index contributed by atoms with van der Waals surface area (Å²) < 4.78 is 13.5. The predicted molar refractivity (Wildman–Crippen MR) is 119 cm³/mol. The molecule has 2 unspecified atom stereocenters. The van der Waals surface area contributed by atoms with E-state index in [-0.39, 0.29) is 18.0 Å². The molecule has 0 radical (unpaired) electrons. The number of H-pyrrole nitrogens is 1. The highest BCUT2D eigenvalue weighted by Gasteiger charge is 2.31. The van der Waals surface area contributed by atoms with Crippen LogP contribution in [-0.4, -0.2) is 55.2 Å². The van der Waals surface area contributed by atoms with Gasteiger partial charge in [0.1, 0.15) is 11.7 Å². The van der Waals surface area contributed by atoms with Gasteiger partial charge in [-0.15, -0.1) is 5.10 Å².